The van der Waals surface area contributed by atoms with Crippen molar-refractivity contribution in [3.63, 3.8) is 0 Å². The average molecular weight is 327 g/mol. The van der Waals surface area contributed by atoms with Gasteiger partial charge in [0.1, 0.15) is 16.5 Å². The average Bonchev–Trinajstić information content (AvgIpc) is 2.89. The molecule has 0 saturated carbocycles. The van der Waals surface area contributed by atoms with E-state index < -0.39 is 0 Å². The van der Waals surface area contributed by atoms with Gasteiger partial charge in [0.15, 0.2) is 0 Å². The maximum atomic E-state index is 4.73. The van der Waals surface area contributed by atoms with Crippen LogP contribution in [0.3, 0.4) is 0 Å². The highest BCUT2D eigenvalue weighted by Crippen LogP contribution is 2.31. The van der Waals surface area contributed by atoms with Gasteiger partial charge in [-0.15, -0.1) is 23.7 Å². The predicted octanol–water partition coefficient (Wildman–Crippen LogP) is 3.13. The summed E-state index contributed by atoms with van der Waals surface area (Å²) < 4.78 is 0. The maximum absolute atomic E-state index is 4.73. The molecule has 2 aromatic rings. The van der Waals surface area contributed by atoms with Gasteiger partial charge in [-0.3, -0.25) is 0 Å². The largest absolute Gasteiger partial charge is 0.353 e. The second-order valence-electron chi connectivity index (χ2n) is 5.30. The zero-order valence-corrected chi connectivity index (χ0v) is 14.6. The van der Waals surface area contributed by atoms with Crippen LogP contribution in [-0.2, 0) is 6.42 Å². The first-order valence-electron chi connectivity index (χ1n) is 7.45. The fourth-order valence-corrected chi connectivity index (χ4v) is 3.76. The summed E-state index contributed by atoms with van der Waals surface area (Å²) in [4.78, 5) is 16.8. The van der Waals surface area contributed by atoms with Gasteiger partial charge in [0.05, 0.1) is 5.39 Å². The number of anilines is 1. The Bertz CT molecular complexity index is 605. The third kappa shape index (κ3) is 3.30. The molecule has 21 heavy (non-hydrogen) atoms. The summed E-state index contributed by atoms with van der Waals surface area (Å²) in [7, 11) is 0. The Morgan fingerprint density at radius 3 is 2.48 bits per heavy atom. The number of piperazine rings is 1. The van der Waals surface area contributed by atoms with Gasteiger partial charge in [-0.1, -0.05) is 13.8 Å². The summed E-state index contributed by atoms with van der Waals surface area (Å²) in [5.74, 6) is 2.02. The molecule has 0 spiro atoms. The van der Waals surface area contributed by atoms with Gasteiger partial charge < -0.3 is 9.80 Å². The van der Waals surface area contributed by atoms with Crippen LogP contribution in [0.15, 0.2) is 6.07 Å². The highest BCUT2D eigenvalue weighted by Gasteiger charge is 2.20. The lowest BCUT2D eigenvalue weighted by atomic mass is 10.2. The number of likely N-dealkylation sites (N-methyl/N-ethyl adjacent to an activating group) is 1. The molecule has 1 aliphatic heterocycles. The first kappa shape index (κ1) is 16.5. The smallest absolute Gasteiger partial charge is 0.141 e. The minimum absolute atomic E-state index is 0. The van der Waals surface area contributed by atoms with Crippen LogP contribution in [0.4, 0.5) is 5.82 Å². The van der Waals surface area contributed by atoms with E-state index >= 15 is 0 Å². The fraction of sp³-hybridized carbons (Fsp3) is 0.600. The molecule has 0 N–H and O–H groups in total. The Labute approximate surface area is 136 Å². The van der Waals surface area contributed by atoms with Crippen molar-refractivity contribution >= 4 is 39.8 Å². The molecule has 1 fully saturated rings. The molecule has 0 aromatic carbocycles. The predicted molar refractivity (Wildman–Crippen MR) is 93.1 cm³/mol. The zero-order valence-electron chi connectivity index (χ0n) is 12.9. The number of fused-ring (bicyclic) bond motifs is 1. The van der Waals surface area contributed by atoms with E-state index in [-0.39, 0.29) is 12.4 Å². The monoisotopic (exact) mass is 326 g/mol. The standard InChI is InChI=1S/C15H22N4S.ClH/c1-4-12-10-13-14(16-11(3)17-15(13)20-12)19-8-6-18(5-2)7-9-19;/h10H,4-9H2,1-3H3;1H. The number of hydrogen-bond acceptors (Lipinski definition) is 5. The second kappa shape index (κ2) is 6.90. The van der Waals surface area contributed by atoms with E-state index in [4.69, 9.17) is 4.98 Å². The summed E-state index contributed by atoms with van der Waals surface area (Å²) in [6.07, 6.45) is 1.07. The van der Waals surface area contributed by atoms with Crippen molar-refractivity contribution in [2.45, 2.75) is 27.2 Å². The van der Waals surface area contributed by atoms with Crippen molar-refractivity contribution < 1.29 is 0 Å². The Kier molecular flexibility index (Phi) is 5.41. The summed E-state index contributed by atoms with van der Waals surface area (Å²) in [6, 6.07) is 2.28. The number of nitrogens with zero attached hydrogens (tertiary/aromatic N) is 4. The molecule has 0 aliphatic carbocycles. The Hall–Kier alpha value is -0.910. The van der Waals surface area contributed by atoms with Crippen LogP contribution in [0, 0.1) is 6.92 Å². The Morgan fingerprint density at radius 2 is 1.86 bits per heavy atom. The summed E-state index contributed by atoms with van der Waals surface area (Å²) >= 11 is 1.81. The molecular formula is C15H23ClN4S. The van der Waals surface area contributed by atoms with Gasteiger partial charge >= 0.3 is 0 Å². The lowest BCUT2D eigenvalue weighted by molar-refractivity contribution is 0.270. The second-order valence-corrected chi connectivity index (χ2v) is 6.42. The quantitative estimate of drug-likeness (QED) is 0.867. The van der Waals surface area contributed by atoms with Crippen molar-refractivity contribution in [1.29, 1.82) is 0 Å². The van der Waals surface area contributed by atoms with E-state index in [2.05, 4.69) is 34.7 Å². The lowest BCUT2D eigenvalue weighted by Gasteiger charge is -2.35. The molecule has 1 saturated heterocycles. The van der Waals surface area contributed by atoms with Crippen molar-refractivity contribution in [3.05, 3.63) is 16.8 Å². The van der Waals surface area contributed by atoms with Crippen molar-refractivity contribution in [2.24, 2.45) is 0 Å². The van der Waals surface area contributed by atoms with Crippen LogP contribution >= 0.6 is 23.7 Å². The summed E-state index contributed by atoms with van der Waals surface area (Å²) in [5.41, 5.74) is 0. The van der Waals surface area contributed by atoms with Crippen molar-refractivity contribution in [2.75, 3.05) is 37.6 Å². The van der Waals surface area contributed by atoms with Crippen molar-refractivity contribution in [3.8, 4) is 0 Å². The normalized spacial score (nSPS) is 16.2. The lowest BCUT2D eigenvalue weighted by Crippen LogP contribution is -2.46. The van der Waals surface area contributed by atoms with E-state index in [1.807, 2.05) is 6.92 Å². The molecule has 1 aliphatic rings. The van der Waals surface area contributed by atoms with Gasteiger partial charge in [-0.2, -0.15) is 0 Å². The van der Waals surface area contributed by atoms with Crippen molar-refractivity contribution in [1.82, 2.24) is 14.9 Å². The number of thiophene rings is 1. The third-order valence-corrected chi connectivity index (χ3v) is 5.18. The third-order valence-electron chi connectivity index (χ3n) is 4.00. The molecule has 6 heteroatoms. The number of aromatic nitrogens is 2. The SMILES string of the molecule is CCc1cc2c(N3CCN(CC)CC3)nc(C)nc2s1.Cl. The van der Waals surface area contributed by atoms with E-state index in [9.17, 15) is 0 Å². The molecule has 3 heterocycles. The highest BCUT2D eigenvalue weighted by atomic mass is 35.5. The molecule has 0 bridgehead atoms. The van der Waals surface area contributed by atoms with Crippen LogP contribution in [0.25, 0.3) is 10.2 Å². The molecule has 4 nitrogen and oxygen atoms in total. The van der Waals surface area contributed by atoms with Crippen LogP contribution in [0.1, 0.15) is 24.5 Å². The fourth-order valence-electron chi connectivity index (χ4n) is 2.75. The van der Waals surface area contributed by atoms with E-state index in [0.29, 0.717) is 0 Å². The van der Waals surface area contributed by atoms with Gasteiger partial charge in [0.2, 0.25) is 0 Å². The van der Waals surface area contributed by atoms with E-state index in [0.717, 1.165) is 55.6 Å². The molecule has 3 rings (SSSR count). The van der Waals surface area contributed by atoms with E-state index in [1.54, 1.807) is 11.3 Å². The molecule has 0 atom stereocenters. The minimum atomic E-state index is 0. The Morgan fingerprint density at radius 1 is 1.14 bits per heavy atom. The van der Waals surface area contributed by atoms with Crippen LogP contribution < -0.4 is 4.90 Å². The number of halogens is 1. The first-order valence-corrected chi connectivity index (χ1v) is 8.27. The molecule has 2 aromatic heterocycles. The van der Waals surface area contributed by atoms with Gasteiger partial charge in [0, 0.05) is 31.1 Å². The van der Waals surface area contributed by atoms with E-state index in [1.165, 1.54) is 10.3 Å². The van der Waals surface area contributed by atoms with Gasteiger partial charge in [0.25, 0.3) is 0 Å². The first-order chi connectivity index (χ1) is 9.71. The minimum Gasteiger partial charge on any atom is -0.353 e. The zero-order chi connectivity index (χ0) is 14.1. The number of rotatable bonds is 3. The van der Waals surface area contributed by atoms with Crippen LogP contribution in [0.2, 0.25) is 0 Å². The van der Waals surface area contributed by atoms with Crippen LogP contribution in [0.5, 0.6) is 0 Å². The molecule has 0 unspecified atom stereocenters. The molecule has 0 amide bonds. The van der Waals surface area contributed by atoms with Crippen LogP contribution in [-0.4, -0.2) is 47.6 Å². The molecule has 0 radical (unpaired) electrons. The Balaban J connectivity index is 0.00000161. The van der Waals surface area contributed by atoms with Gasteiger partial charge in [-0.25, -0.2) is 9.97 Å². The maximum Gasteiger partial charge on any atom is 0.141 e. The summed E-state index contributed by atoms with van der Waals surface area (Å²) in [5, 5.41) is 1.24. The number of hydrogen-bond donors (Lipinski definition) is 0. The highest BCUT2D eigenvalue weighted by molar-refractivity contribution is 7.18. The topological polar surface area (TPSA) is 32.3 Å². The molecule has 116 valence electrons. The molecular weight excluding hydrogens is 304 g/mol. The summed E-state index contributed by atoms with van der Waals surface area (Å²) in [6.45, 7) is 12.0. The van der Waals surface area contributed by atoms with Gasteiger partial charge in [-0.05, 0) is 26.0 Å². The number of aryl methyl sites for hydroxylation is 2.